The lowest BCUT2D eigenvalue weighted by atomic mass is 9.58. The van der Waals surface area contributed by atoms with E-state index in [1.807, 2.05) is 44.6 Å². The summed E-state index contributed by atoms with van der Waals surface area (Å²) in [5.74, 6) is -0.0127. The van der Waals surface area contributed by atoms with Crippen LogP contribution in [0, 0.1) is 5.41 Å². The molecule has 0 bridgehead atoms. The maximum Gasteiger partial charge on any atom is 0.164 e. The maximum atomic E-state index is 15.7. The first-order valence-electron chi connectivity index (χ1n) is 10.7. The van der Waals surface area contributed by atoms with E-state index in [9.17, 15) is 4.79 Å². The van der Waals surface area contributed by atoms with Crippen molar-refractivity contribution in [2.75, 3.05) is 0 Å². The Balaban J connectivity index is 1.76. The number of Topliss-reactive ketones (excluding diaryl/α,β-unsaturated/α-hetero) is 1. The van der Waals surface area contributed by atoms with Crippen LogP contribution >= 0.6 is 0 Å². The number of nitrogens with zero attached hydrogens (tertiary/aromatic N) is 4. The largest absolute Gasteiger partial charge is 0.359 e. The average Bonchev–Trinajstić information content (AvgIpc) is 3.39. The van der Waals surface area contributed by atoms with E-state index in [-0.39, 0.29) is 12.2 Å². The van der Waals surface area contributed by atoms with Gasteiger partial charge in [0.1, 0.15) is 6.17 Å². The van der Waals surface area contributed by atoms with Crippen LogP contribution in [0.1, 0.15) is 39.2 Å². The lowest BCUT2D eigenvalue weighted by Gasteiger charge is -2.49. The van der Waals surface area contributed by atoms with Crippen molar-refractivity contribution in [2.45, 2.75) is 51.4 Å². The number of halogens is 1. The van der Waals surface area contributed by atoms with Crippen molar-refractivity contribution in [3.8, 4) is 11.1 Å². The maximum absolute atomic E-state index is 15.7. The van der Waals surface area contributed by atoms with Crippen molar-refractivity contribution < 1.29 is 9.18 Å². The highest BCUT2D eigenvalue weighted by molar-refractivity contribution is 6.02. The number of carbonyl (C=O) groups is 1. The molecule has 31 heavy (non-hydrogen) atoms. The number of benzene rings is 1. The third kappa shape index (κ3) is 2.75. The fourth-order valence-electron chi connectivity index (χ4n) is 5.34. The van der Waals surface area contributed by atoms with Crippen LogP contribution in [0.2, 0.25) is 0 Å². The number of hydrogen-bond acceptors (Lipinski definition) is 5. The minimum Gasteiger partial charge on any atom is -0.359 e. The quantitative estimate of drug-likeness (QED) is 0.790. The molecule has 0 spiro atoms. The Morgan fingerprint density at radius 2 is 2.10 bits per heavy atom. The molecule has 0 saturated carbocycles. The smallest absolute Gasteiger partial charge is 0.164 e. The zero-order valence-corrected chi connectivity index (χ0v) is 18.2. The molecule has 1 unspecified atom stereocenters. The summed E-state index contributed by atoms with van der Waals surface area (Å²) in [5.41, 5.74) is 3.21. The van der Waals surface area contributed by atoms with Gasteiger partial charge in [0.25, 0.3) is 0 Å². The third-order valence-corrected chi connectivity index (χ3v) is 6.91. The van der Waals surface area contributed by atoms with Gasteiger partial charge in [0.2, 0.25) is 0 Å². The van der Waals surface area contributed by atoms with Gasteiger partial charge in [0.15, 0.2) is 11.9 Å². The van der Waals surface area contributed by atoms with E-state index in [1.54, 1.807) is 24.7 Å². The summed E-state index contributed by atoms with van der Waals surface area (Å²) in [6, 6.07) is 8.13. The molecule has 0 fully saturated rings. The Hall–Kier alpha value is -3.09. The highest BCUT2D eigenvalue weighted by Crippen LogP contribution is 2.54. The first-order chi connectivity index (χ1) is 14.8. The number of carbonyl (C=O) groups excluding carboxylic acids is 1. The van der Waals surface area contributed by atoms with Crippen molar-refractivity contribution in [2.24, 2.45) is 22.7 Å². The van der Waals surface area contributed by atoms with Crippen molar-refractivity contribution >= 4 is 5.78 Å². The first-order valence-corrected chi connectivity index (χ1v) is 10.7. The molecule has 1 aliphatic carbocycles. The van der Waals surface area contributed by atoms with Gasteiger partial charge in [-0.15, -0.1) is 0 Å². The van der Waals surface area contributed by atoms with Crippen molar-refractivity contribution in [3.05, 3.63) is 65.3 Å². The second-order valence-corrected chi connectivity index (χ2v) is 9.34. The number of azo groups is 1. The Bertz CT molecular complexity index is 1170. The van der Waals surface area contributed by atoms with Gasteiger partial charge in [-0.3, -0.25) is 9.48 Å². The summed E-state index contributed by atoms with van der Waals surface area (Å²) in [4.78, 5) is 13.5. The fourth-order valence-corrected chi connectivity index (χ4v) is 5.34. The fraction of sp³-hybridized carbons (Fsp3) is 0.417. The van der Waals surface area contributed by atoms with Gasteiger partial charge in [-0.1, -0.05) is 39.0 Å². The predicted octanol–water partition coefficient (Wildman–Crippen LogP) is 4.61. The molecule has 0 amide bonds. The number of ketones is 1. The monoisotopic (exact) mass is 419 g/mol. The van der Waals surface area contributed by atoms with Crippen molar-refractivity contribution in [1.82, 2.24) is 15.1 Å². The molecule has 7 heteroatoms. The lowest BCUT2D eigenvalue weighted by Crippen LogP contribution is -2.55. The molecule has 1 N–H and O–H groups in total. The number of rotatable bonds is 3. The van der Waals surface area contributed by atoms with Crippen LogP contribution in [-0.4, -0.2) is 27.9 Å². The predicted molar refractivity (Wildman–Crippen MR) is 116 cm³/mol. The second kappa shape index (κ2) is 6.70. The summed E-state index contributed by atoms with van der Waals surface area (Å²) < 4.78 is 17.5. The van der Waals surface area contributed by atoms with Gasteiger partial charge >= 0.3 is 0 Å². The molecule has 6 nitrogen and oxygen atoms in total. The van der Waals surface area contributed by atoms with Crippen LogP contribution in [-0.2, 0) is 17.3 Å². The summed E-state index contributed by atoms with van der Waals surface area (Å²) >= 11 is 0. The van der Waals surface area contributed by atoms with Crippen LogP contribution in [0.5, 0.6) is 0 Å². The van der Waals surface area contributed by atoms with E-state index in [4.69, 9.17) is 0 Å². The molecule has 2 aromatic rings. The molecule has 1 aromatic heterocycles. The van der Waals surface area contributed by atoms with Crippen LogP contribution in [0.4, 0.5) is 4.39 Å². The van der Waals surface area contributed by atoms with Crippen LogP contribution in [0.3, 0.4) is 0 Å². The van der Waals surface area contributed by atoms with Crippen LogP contribution in [0.15, 0.2) is 69.9 Å². The molecular formula is C24H26FN5O. The van der Waals surface area contributed by atoms with E-state index in [0.717, 1.165) is 22.3 Å². The molecule has 0 radical (unpaired) electrons. The lowest BCUT2D eigenvalue weighted by molar-refractivity contribution is -0.120. The number of aromatic nitrogens is 2. The molecule has 3 heterocycles. The van der Waals surface area contributed by atoms with Crippen LogP contribution < -0.4 is 5.32 Å². The van der Waals surface area contributed by atoms with E-state index in [2.05, 4.69) is 26.7 Å². The summed E-state index contributed by atoms with van der Waals surface area (Å²) in [5, 5.41) is 15.9. The molecular weight excluding hydrogens is 393 g/mol. The van der Waals surface area contributed by atoms with Gasteiger partial charge in [-0.05, 0) is 23.6 Å². The zero-order valence-electron chi connectivity index (χ0n) is 18.2. The van der Waals surface area contributed by atoms with Gasteiger partial charge in [0.05, 0.1) is 23.5 Å². The highest BCUT2D eigenvalue weighted by Gasteiger charge is 2.56. The molecule has 160 valence electrons. The van der Waals surface area contributed by atoms with E-state index in [1.165, 1.54) is 0 Å². The Labute approximate surface area is 180 Å². The van der Waals surface area contributed by atoms with Gasteiger partial charge in [-0.2, -0.15) is 15.3 Å². The molecule has 0 saturated heterocycles. The van der Waals surface area contributed by atoms with E-state index < -0.39 is 23.2 Å². The number of allylic oxidation sites excluding steroid dienone is 2. The van der Waals surface area contributed by atoms with Gasteiger partial charge < -0.3 is 5.32 Å². The van der Waals surface area contributed by atoms with Gasteiger partial charge in [-0.25, -0.2) is 4.39 Å². The molecule has 2 aliphatic heterocycles. The average molecular weight is 420 g/mol. The number of hydrogen-bond donors (Lipinski definition) is 1. The summed E-state index contributed by atoms with van der Waals surface area (Å²) in [6.45, 7) is 5.65. The SMILES string of the molecule is CC[C@]1(c2cccc(-c3cnn(C)c3)c2)C2=CN=NC2NC2=C1C(=O)CC(C)(C)[C@@H]2F. The number of aryl methyl sites for hydroxylation is 1. The minimum absolute atomic E-state index is 0.0127. The number of nitrogens with one attached hydrogen (secondary N) is 1. The zero-order chi connectivity index (χ0) is 22.0. The van der Waals surface area contributed by atoms with E-state index >= 15 is 4.39 Å². The van der Waals surface area contributed by atoms with E-state index in [0.29, 0.717) is 17.7 Å². The Morgan fingerprint density at radius 1 is 1.29 bits per heavy atom. The molecule has 1 aromatic carbocycles. The van der Waals surface area contributed by atoms with Gasteiger partial charge in [0, 0.05) is 41.8 Å². The summed E-state index contributed by atoms with van der Waals surface area (Å²) in [7, 11) is 1.88. The minimum atomic E-state index is -1.27. The second-order valence-electron chi connectivity index (χ2n) is 9.34. The van der Waals surface area contributed by atoms with Crippen molar-refractivity contribution in [1.29, 1.82) is 0 Å². The number of fused-ring (bicyclic) bond motifs is 1. The van der Waals surface area contributed by atoms with Crippen molar-refractivity contribution in [3.63, 3.8) is 0 Å². The normalized spacial score (nSPS) is 28.8. The van der Waals surface area contributed by atoms with Crippen LogP contribution in [0.25, 0.3) is 11.1 Å². The molecule has 3 atom stereocenters. The highest BCUT2D eigenvalue weighted by atomic mass is 19.1. The molecule has 3 aliphatic rings. The Kier molecular flexibility index (Phi) is 4.29. The third-order valence-electron chi connectivity index (χ3n) is 6.91. The first kappa shape index (κ1) is 19.8. The Morgan fingerprint density at radius 3 is 2.81 bits per heavy atom. The topological polar surface area (TPSA) is 71.6 Å². The number of alkyl halides is 1. The molecule has 5 rings (SSSR count). The summed E-state index contributed by atoms with van der Waals surface area (Å²) in [6.07, 6.45) is 4.56. The standard InChI is InChI=1S/C24H26FN5O/c1-5-24(16-8-6-7-14(9-16)15-11-27-30(4)13-15)17-12-26-29-22(17)28-20-19(24)18(31)10-23(2,3)21(20)25/h6-9,11-13,21-22,28H,5,10H2,1-4H3/t21-,22?,24+/m1/s1.